The van der Waals surface area contributed by atoms with E-state index in [4.69, 9.17) is 0 Å². The first-order valence-corrected chi connectivity index (χ1v) is 8.08. The van der Waals surface area contributed by atoms with Crippen LogP contribution in [0.1, 0.15) is 25.7 Å². The van der Waals surface area contributed by atoms with Gasteiger partial charge in [0.1, 0.15) is 0 Å². The van der Waals surface area contributed by atoms with Gasteiger partial charge in [-0.3, -0.25) is 9.69 Å². The summed E-state index contributed by atoms with van der Waals surface area (Å²) in [5, 5.41) is 2.81. The van der Waals surface area contributed by atoms with Crippen LogP contribution in [0.25, 0.3) is 0 Å². The van der Waals surface area contributed by atoms with Crippen LogP contribution >= 0.6 is 11.8 Å². The van der Waals surface area contributed by atoms with Crippen molar-refractivity contribution >= 4 is 23.4 Å². The van der Waals surface area contributed by atoms with Crippen molar-refractivity contribution in [2.24, 2.45) is 0 Å². The van der Waals surface area contributed by atoms with Gasteiger partial charge in [-0.2, -0.15) is 8.78 Å². The van der Waals surface area contributed by atoms with E-state index in [0.717, 1.165) is 25.9 Å². The summed E-state index contributed by atoms with van der Waals surface area (Å²) in [5.41, 5.74) is 0.647. The molecule has 1 amide bonds. The van der Waals surface area contributed by atoms with E-state index in [-0.39, 0.29) is 5.91 Å². The molecule has 1 aromatic rings. The van der Waals surface area contributed by atoms with Crippen molar-refractivity contribution < 1.29 is 13.6 Å². The zero-order chi connectivity index (χ0) is 15.1. The highest BCUT2D eigenvalue weighted by Crippen LogP contribution is 2.26. The molecule has 116 valence electrons. The van der Waals surface area contributed by atoms with Crippen LogP contribution in [-0.2, 0) is 4.79 Å². The lowest BCUT2D eigenvalue weighted by atomic mass is 10.2. The number of carbonyl (C=O) groups is 1. The van der Waals surface area contributed by atoms with Gasteiger partial charge < -0.3 is 5.32 Å². The fourth-order valence-electron chi connectivity index (χ4n) is 2.42. The van der Waals surface area contributed by atoms with E-state index in [1.807, 2.05) is 0 Å². The Bertz CT molecular complexity index is 445. The maximum Gasteiger partial charge on any atom is 0.288 e. The fourth-order valence-corrected chi connectivity index (χ4v) is 2.92. The summed E-state index contributed by atoms with van der Waals surface area (Å²) in [7, 11) is 0. The molecule has 1 heterocycles. The van der Waals surface area contributed by atoms with Crippen LogP contribution in [-0.4, -0.2) is 36.2 Å². The molecule has 0 aliphatic carbocycles. The number of benzene rings is 1. The molecule has 0 spiro atoms. The second kappa shape index (κ2) is 8.34. The summed E-state index contributed by atoms with van der Waals surface area (Å²) in [6.45, 7) is 2.34. The first kappa shape index (κ1) is 16.2. The van der Waals surface area contributed by atoms with E-state index >= 15 is 0 Å². The summed E-state index contributed by atoms with van der Waals surface area (Å²) in [4.78, 5) is 14.6. The van der Waals surface area contributed by atoms with Crippen LogP contribution in [0.2, 0.25) is 0 Å². The molecule has 2 rings (SSSR count). The number of thioether (sulfide) groups is 1. The Morgan fingerprint density at radius 3 is 2.33 bits per heavy atom. The van der Waals surface area contributed by atoms with Crippen LogP contribution in [0, 0.1) is 0 Å². The number of rotatable bonds is 5. The van der Waals surface area contributed by atoms with Crippen molar-refractivity contribution in [3.8, 4) is 0 Å². The number of carbonyl (C=O) groups excluding carboxylic acids is 1. The molecule has 1 fully saturated rings. The molecule has 6 heteroatoms. The molecular weight excluding hydrogens is 294 g/mol. The summed E-state index contributed by atoms with van der Waals surface area (Å²) >= 11 is 0.503. The number of hydrogen-bond donors (Lipinski definition) is 1. The minimum Gasteiger partial charge on any atom is -0.325 e. The average molecular weight is 314 g/mol. The number of alkyl halides is 2. The maximum atomic E-state index is 12.2. The molecule has 1 saturated heterocycles. The molecule has 1 aliphatic heterocycles. The zero-order valence-electron chi connectivity index (χ0n) is 11.9. The number of hydrogen-bond acceptors (Lipinski definition) is 3. The summed E-state index contributed by atoms with van der Waals surface area (Å²) < 4.78 is 24.4. The highest BCUT2D eigenvalue weighted by molar-refractivity contribution is 7.99. The van der Waals surface area contributed by atoms with Gasteiger partial charge in [-0.05, 0) is 50.2 Å². The lowest BCUT2D eigenvalue weighted by Gasteiger charge is -2.19. The number of anilines is 1. The van der Waals surface area contributed by atoms with Crippen molar-refractivity contribution in [2.45, 2.75) is 36.3 Å². The van der Waals surface area contributed by atoms with Gasteiger partial charge in [0.2, 0.25) is 5.91 Å². The van der Waals surface area contributed by atoms with Crippen molar-refractivity contribution in [3.63, 3.8) is 0 Å². The molecule has 1 aromatic carbocycles. The molecule has 0 aromatic heterocycles. The second-order valence-corrected chi connectivity index (χ2v) is 6.20. The SMILES string of the molecule is O=C(CN1CCCCCC1)Nc1ccc(SC(F)F)cc1. The lowest BCUT2D eigenvalue weighted by molar-refractivity contribution is -0.117. The van der Waals surface area contributed by atoms with E-state index in [2.05, 4.69) is 10.2 Å². The minimum absolute atomic E-state index is 0.0498. The molecule has 0 bridgehead atoms. The predicted octanol–water partition coefficient (Wildman–Crippen LogP) is 3.82. The van der Waals surface area contributed by atoms with Gasteiger partial charge >= 0.3 is 0 Å². The number of amides is 1. The fraction of sp³-hybridized carbons (Fsp3) is 0.533. The molecule has 21 heavy (non-hydrogen) atoms. The van der Waals surface area contributed by atoms with Crippen LogP contribution < -0.4 is 5.32 Å². The Hall–Kier alpha value is -1.14. The molecular formula is C15H20F2N2OS. The van der Waals surface area contributed by atoms with E-state index in [9.17, 15) is 13.6 Å². The Balaban J connectivity index is 1.81. The minimum atomic E-state index is -2.42. The first-order chi connectivity index (χ1) is 10.1. The van der Waals surface area contributed by atoms with Gasteiger partial charge in [0.25, 0.3) is 5.76 Å². The smallest absolute Gasteiger partial charge is 0.288 e. The van der Waals surface area contributed by atoms with Gasteiger partial charge in [-0.1, -0.05) is 24.6 Å². The maximum absolute atomic E-state index is 12.2. The Morgan fingerprint density at radius 1 is 1.14 bits per heavy atom. The van der Waals surface area contributed by atoms with Crippen LogP contribution in [0.3, 0.4) is 0 Å². The quantitative estimate of drug-likeness (QED) is 0.839. The number of halogens is 2. The van der Waals surface area contributed by atoms with Gasteiger partial charge in [0.05, 0.1) is 6.54 Å². The Kier molecular flexibility index (Phi) is 6.45. The predicted molar refractivity (Wildman–Crippen MR) is 81.8 cm³/mol. The zero-order valence-corrected chi connectivity index (χ0v) is 12.7. The monoisotopic (exact) mass is 314 g/mol. The van der Waals surface area contributed by atoms with Crippen LogP contribution in [0.4, 0.5) is 14.5 Å². The standard InChI is InChI=1S/C15H20F2N2OS/c16-15(17)21-13-7-5-12(6-8-13)18-14(20)11-19-9-3-1-2-4-10-19/h5-8,15H,1-4,9-11H2,(H,18,20). The van der Waals surface area contributed by atoms with Gasteiger partial charge in [0.15, 0.2) is 0 Å². The highest BCUT2D eigenvalue weighted by atomic mass is 32.2. The summed E-state index contributed by atoms with van der Waals surface area (Å²) in [6, 6.07) is 6.51. The summed E-state index contributed by atoms with van der Waals surface area (Å²) in [6.07, 6.45) is 4.77. The van der Waals surface area contributed by atoms with Crippen molar-refractivity contribution in [3.05, 3.63) is 24.3 Å². The third-order valence-corrected chi connectivity index (χ3v) is 4.15. The Labute approximate surface area is 128 Å². The third-order valence-electron chi connectivity index (χ3n) is 3.43. The molecule has 0 saturated carbocycles. The highest BCUT2D eigenvalue weighted by Gasteiger charge is 2.13. The molecule has 0 radical (unpaired) electrons. The van der Waals surface area contributed by atoms with Gasteiger partial charge in [-0.15, -0.1) is 0 Å². The molecule has 0 unspecified atom stereocenters. The molecule has 1 N–H and O–H groups in total. The number of likely N-dealkylation sites (tertiary alicyclic amines) is 1. The number of nitrogens with one attached hydrogen (secondary N) is 1. The molecule has 1 aliphatic rings. The normalized spacial score (nSPS) is 16.7. The second-order valence-electron chi connectivity index (χ2n) is 5.14. The van der Waals surface area contributed by atoms with Crippen LogP contribution in [0.15, 0.2) is 29.2 Å². The lowest BCUT2D eigenvalue weighted by Crippen LogP contribution is -2.33. The summed E-state index contributed by atoms with van der Waals surface area (Å²) in [5.74, 6) is -2.47. The third kappa shape index (κ3) is 6.01. The number of nitrogens with zero attached hydrogens (tertiary/aromatic N) is 1. The van der Waals surface area contributed by atoms with E-state index in [1.54, 1.807) is 24.3 Å². The van der Waals surface area contributed by atoms with Crippen molar-refractivity contribution in [2.75, 3.05) is 25.0 Å². The van der Waals surface area contributed by atoms with E-state index in [0.29, 0.717) is 28.9 Å². The van der Waals surface area contributed by atoms with Gasteiger partial charge in [0, 0.05) is 10.6 Å². The molecule has 0 atom stereocenters. The largest absolute Gasteiger partial charge is 0.325 e. The van der Waals surface area contributed by atoms with Crippen molar-refractivity contribution in [1.82, 2.24) is 4.90 Å². The first-order valence-electron chi connectivity index (χ1n) is 7.20. The topological polar surface area (TPSA) is 32.3 Å². The van der Waals surface area contributed by atoms with Crippen LogP contribution in [0.5, 0.6) is 0 Å². The average Bonchev–Trinajstić information content (AvgIpc) is 2.69. The van der Waals surface area contributed by atoms with E-state index < -0.39 is 5.76 Å². The van der Waals surface area contributed by atoms with E-state index in [1.165, 1.54) is 12.8 Å². The molecule has 3 nitrogen and oxygen atoms in total. The van der Waals surface area contributed by atoms with Crippen molar-refractivity contribution in [1.29, 1.82) is 0 Å². The Morgan fingerprint density at radius 2 is 1.76 bits per heavy atom. The van der Waals surface area contributed by atoms with Gasteiger partial charge in [-0.25, -0.2) is 0 Å².